The second-order valence-electron chi connectivity index (χ2n) is 5.33. The molecule has 2 aromatic carbocycles. The molecule has 3 heteroatoms. The molecule has 1 aliphatic heterocycles. The predicted molar refractivity (Wildman–Crippen MR) is 80.5 cm³/mol. The lowest BCUT2D eigenvalue weighted by Gasteiger charge is -2.28. The van der Waals surface area contributed by atoms with E-state index in [9.17, 15) is 5.11 Å². The highest BCUT2D eigenvalue weighted by Gasteiger charge is 2.21. The van der Waals surface area contributed by atoms with Crippen LogP contribution in [0.4, 0.5) is 5.69 Å². The lowest BCUT2D eigenvalue weighted by atomic mass is 9.99. The van der Waals surface area contributed by atoms with Gasteiger partial charge in [-0.15, -0.1) is 0 Å². The number of fused-ring (bicyclic) bond motifs is 1. The molecule has 0 spiro atoms. The Morgan fingerprint density at radius 3 is 2.80 bits per heavy atom. The molecular formula is C17H19NO2. The highest BCUT2D eigenvalue weighted by atomic mass is 16.5. The minimum atomic E-state index is 0.252. The third-order valence-electron chi connectivity index (χ3n) is 3.83. The number of rotatable bonds is 2. The lowest BCUT2D eigenvalue weighted by molar-refractivity contribution is 0.274. The van der Waals surface area contributed by atoms with E-state index in [4.69, 9.17) is 4.74 Å². The Kier molecular flexibility index (Phi) is 3.26. The van der Waals surface area contributed by atoms with Gasteiger partial charge in [-0.3, -0.25) is 0 Å². The first kappa shape index (κ1) is 12.9. The number of nitrogens with one attached hydrogen (secondary N) is 1. The van der Waals surface area contributed by atoms with E-state index in [1.165, 1.54) is 5.56 Å². The van der Waals surface area contributed by atoms with Crippen molar-refractivity contribution < 1.29 is 9.84 Å². The molecule has 0 radical (unpaired) electrons. The predicted octanol–water partition coefficient (Wildman–Crippen LogP) is 3.94. The Morgan fingerprint density at radius 2 is 1.95 bits per heavy atom. The van der Waals surface area contributed by atoms with Gasteiger partial charge in [0.1, 0.15) is 11.5 Å². The van der Waals surface area contributed by atoms with Crippen LogP contribution in [0.5, 0.6) is 11.5 Å². The van der Waals surface area contributed by atoms with Crippen LogP contribution in [0.3, 0.4) is 0 Å². The quantitative estimate of drug-likeness (QED) is 0.811. The number of aromatic hydroxyl groups is 1. The number of phenolic OH excluding ortho intramolecular Hbond substituents is 1. The highest BCUT2D eigenvalue weighted by Crippen LogP contribution is 2.35. The van der Waals surface area contributed by atoms with Gasteiger partial charge in [0.05, 0.1) is 12.6 Å². The fraction of sp³-hybridized carbons (Fsp3) is 0.294. The summed E-state index contributed by atoms with van der Waals surface area (Å²) in [6.07, 6.45) is 0.941. The second-order valence-corrected chi connectivity index (χ2v) is 5.33. The number of aryl methyl sites for hydroxylation is 2. The summed E-state index contributed by atoms with van der Waals surface area (Å²) < 4.78 is 5.68. The van der Waals surface area contributed by atoms with Crippen molar-refractivity contribution in [3.63, 3.8) is 0 Å². The summed E-state index contributed by atoms with van der Waals surface area (Å²) in [5, 5.41) is 13.3. The molecule has 0 aliphatic carbocycles. The molecule has 2 aromatic rings. The van der Waals surface area contributed by atoms with Crippen LogP contribution >= 0.6 is 0 Å². The van der Waals surface area contributed by atoms with E-state index in [-0.39, 0.29) is 6.04 Å². The molecule has 2 N–H and O–H groups in total. The van der Waals surface area contributed by atoms with Crippen LogP contribution in [0.25, 0.3) is 0 Å². The van der Waals surface area contributed by atoms with Crippen LogP contribution < -0.4 is 10.1 Å². The van der Waals surface area contributed by atoms with Crippen molar-refractivity contribution in [2.75, 3.05) is 11.9 Å². The van der Waals surface area contributed by atoms with Crippen LogP contribution in [0.2, 0.25) is 0 Å². The number of hydrogen-bond acceptors (Lipinski definition) is 3. The molecule has 3 rings (SSSR count). The summed E-state index contributed by atoms with van der Waals surface area (Å²) in [6.45, 7) is 4.65. The van der Waals surface area contributed by atoms with Crippen LogP contribution in [-0.4, -0.2) is 11.7 Å². The summed E-state index contributed by atoms with van der Waals surface area (Å²) in [7, 11) is 0. The number of anilines is 1. The Morgan fingerprint density at radius 1 is 1.15 bits per heavy atom. The molecule has 1 aliphatic rings. The maximum Gasteiger partial charge on any atom is 0.124 e. The van der Waals surface area contributed by atoms with E-state index >= 15 is 0 Å². The SMILES string of the molecule is Cc1cc(NC2CCOc3ccccc32)c(C)cc1O. The van der Waals surface area contributed by atoms with Crippen molar-refractivity contribution in [1.29, 1.82) is 0 Å². The fourth-order valence-electron chi connectivity index (χ4n) is 2.64. The first-order valence-corrected chi connectivity index (χ1v) is 6.93. The van der Waals surface area contributed by atoms with Gasteiger partial charge in [0, 0.05) is 17.7 Å². The summed E-state index contributed by atoms with van der Waals surface area (Å²) in [5.41, 5.74) is 4.21. The van der Waals surface area contributed by atoms with E-state index in [0.29, 0.717) is 5.75 Å². The molecule has 0 saturated carbocycles. The smallest absolute Gasteiger partial charge is 0.124 e. The zero-order valence-corrected chi connectivity index (χ0v) is 11.8. The minimum Gasteiger partial charge on any atom is -0.508 e. The van der Waals surface area contributed by atoms with Crippen molar-refractivity contribution >= 4 is 5.69 Å². The number of benzene rings is 2. The maximum absolute atomic E-state index is 9.74. The van der Waals surface area contributed by atoms with Crippen LogP contribution in [0.1, 0.15) is 29.2 Å². The van der Waals surface area contributed by atoms with Gasteiger partial charge in [0.2, 0.25) is 0 Å². The minimum absolute atomic E-state index is 0.252. The third kappa shape index (κ3) is 2.31. The zero-order chi connectivity index (χ0) is 14.1. The molecule has 0 saturated heterocycles. The van der Waals surface area contributed by atoms with E-state index in [0.717, 1.165) is 35.6 Å². The second kappa shape index (κ2) is 5.08. The molecule has 3 nitrogen and oxygen atoms in total. The van der Waals surface area contributed by atoms with Crippen molar-refractivity contribution in [2.24, 2.45) is 0 Å². The molecule has 0 fully saturated rings. The number of phenols is 1. The van der Waals surface area contributed by atoms with E-state index in [1.54, 1.807) is 0 Å². The van der Waals surface area contributed by atoms with Gasteiger partial charge < -0.3 is 15.2 Å². The number of para-hydroxylation sites is 1. The van der Waals surface area contributed by atoms with Gasteiger partial charge in [-0.25, -0.2) is 0 Å². The molecule has 0 aromatic heterocycles. The topological polar surface area (TPSA) is 41.5 Å². The lowest BCUT2D eigenvalue weighted by Crippen LogP contribution is -2.20. The molecule has 1 unspecified atom stereocenters. The average molecular weight is 269 g/mol. The fourth-order valence-corrected chi connectivity index (χ4v) is 2.64. The summed E-state index contributed by atoms with van der Waals surface area (Å²) in [5.74, 6) is 1.31. The average Bonchev–Trinajstić information content (AvgIpc) is 2.45. The number of ether oxygens (including phenoxy) is 1. The van der Waals surface area contributed by atoms with E-state index in [1.807, 2.05) is 44.2 Å². The number of hydrogen-bond donors (Lipinski definition) is 2. The van der Waals surface area contributed by atoms with Gasteiger partial charge in [-0.05, 0) is 43.2 Å². The Bertz CT molecular complexity index is 637. The Hall–Kier alpha value is -2.16. The van der Waals surface area contributed by atoms with Gasteiger partial charge in [-0.2, -0.15) is 0 Å². The molecular weight excluding hydrogens is 250 g/mol. The first-order valence-electron chi connectivity index (χ1n) is 6.93. The van der Waals surface area contributed by atoms with Gasteiger partial charge in [0.25, 0.3) is 0 Å². The van der Waals surface area contributed by atoms with E-state index in [2.05, 4.69) is 11.4 Å². The molecule has 1 atom stereocenters. The largest absolute Gasteiger partial charge is 0.508 e. The third-order valence-corrected chi connectivity index (χ3v) is 3.83. The first-order chi connectivity index (χ1) is 9.65. The molecule has 104 valence electrons. The van der Waals surface area contributed by atoms with Gasteiger partial charge in [0.15, 0.2) is 0 Å². The molecule has 1 heterocycles. The molecule has 20 heavy (non-hydrogen) atoms. The maximum atomic E-state index is 9.74. The standard InChI is InChI=1S/C17H19NO2/c1-11-10-16(19)12(2)9-15(11)18-14-7-8-20-17-6-4-3-5-13(14)17/h3-6,9-10,14,18-19H,7-8H2,1-2H3. The zero-order valence-electron chi connectivity index (χ0n) is 11.8. The Balaban J connectivity index is 1.91. The van der Waals surface area contributed by atoms with Gasteiger partial charge >= 0.3 is 0 Å². The van der Waals surface area contributed by atoms with Crippen molar-refractivity contribution in [1.82, 2.24) is 0 Å². The van der Waals surface area contributed by atoms with Crippen LogP contribution in [0, 0.1) is 13.8 Å². The summed E-state index contributed by atoms with van der Waals surface area (Å²) >= 11 is 0. The van der Waals surface area contributed by atoms with E-state index < -0.39 is 0 Å². The van der Waals surface area contributed by atoms with Crippen LogP contribution in [0.15, 0.2) is 36.4 Å². The van der Waals surface area contributed by atoms with Crippen molar-refractivity contribution in [3.05, 3.63) is 53.1 Å². The van der Waals surface area contributed by atoms with Gasteiger partial charge in [-0.1, -0.05) is 18.2 Å². The Labute approximate surface area is 119 Å². The monoisotopic (exact) mass is 269 g/mol. The summed E-state index contributed by atoms with van der Waals surface area (Å²) in [6, 6.07) is 12.2. The highest BCUT2D eigenvalue weighted by molar-refractivity contribution is 5.58. The van der Waals surface area contributed by atoms with Crippen LogP contribution in [-0.2, 0) is 0 Å². The summed E-state index contributed by atoms with van der Waals surface area (Å²) in [4.78, 5) is 0. The molecule has 0 bridgehead atoms. The van der Waals surface area contributed by atoms with Crippen molar-refractivity contribution in [3.8, 4) is 11.5 Å². The van der Waals surface area contributed by atoms with Crippen molar-refractivity contribution in [2.45, 2.75) is 26.3 Å². The normalized spacial score (nSPS) is 17.2. The molecule has 0 amide bonds.